The first kappa shape index (κ1) is 13.0. The van der Waals surface area contributed by atoms with Gasteiger partial charge in [-0.25, -0.2) is 0 Å². The normalized spacial score (nSPS) is 27.9. The molecule has 1 aromatic rings. The average molecular weight is 249 g/mol. The van der Waals surface area contributed by atoms with E-state index in [0.717, 1.165) is 6.54 Å². The van der Waals surface area contributed by atoms with Crippen LogP contribution in [0.25, 0.3) is 0 Å². The number of aryl methyl sites for hydroxylation is 2. The number of hydrogen-bond acceptors (Lipinski definition) is 2. The molecule has 3 unspecified atom stereocenters. The van der Waals surface area contributed by atoms with Gasteiger partial charge < -0.3 is 5.32 Å². The van der Waals surface area contributed by atoms with E-state index in [2.05, 4.69) is 52.1 Å². The molecule has 2 rings (SSSR count). The Morgan fingerprint density at radius 1 is 1.18 bits per heavy atom. The van der Waals surface area contributed by atoms with Gasteiger partial charge in [-0.05, 0) is 49.1 Å². The van der Waals surface area contributed by atoms with E-state index in [9.17, 15) is 0 Å². The Morgan fingerprint density at radius 2 is 1.82 bits per heavy atom. The predicted octanol–water partition coefficient (Wildman–Crippen LogP) is 4.08. The zero-order valence-electron chi connectivity index (χ0n) is 11.5. The summed E-state index contributed by atoms with van der Waals surface area (Å²) in [6, 6.07) is 5.26. The predicted molar refractivity (Wildman–Crippen MR) is 76.8 cm³/mol. The van der Waals surface area contributed by atoms with Crippen molar-refractivity contribution in [2.45, 2.75) is 50.8 Å². The molecule has 0 fully saturated rings. The highest BCUT2D eigenvalue weighted by Gasteiger charge is 2.31. The molecule has 2 heteroatoms. The van der Waals surface area contributed by atoms with Crippen LogP contribution in [0, 0.1) is 19.8 Å². The van der Waals surface area contributed by atoms with Crippen LogP contribution in [0.3, 0.4) is 0 Å². The van der Waals surface area contributed by atoms with Crippen LogP contribution in [0.2, 0.25) is 0 Å². The second-order valence-corrected chi connectivity index (χ2v) is 6.61. The van der Waals surface area contributed by atoms with Crippen molar-refractivity contribution in [3.05, 3.63) is 28.8 Å². The zero-order chi connectivity index (χ0) is 12.6. The molecule has 1 nitrogen and oxygen atoms in total. The third-order valence-electron chi connectivity index (χ3n) is 3.96. The van der Waals surface area contributed by atoms with E-state index in [1.54, 1.807) is 0 Å². The van der Waals surface area contributed by atoms with Gasteiger partial charge in [0.2, 0.25) is 0 Å². The van der Waals surface area contributed by atoms with E-state index in [0.29, 0.717) is 17.2 Å². The van der Waals surface area contributed by atoms with Crippen molar-refractivity contribution in [2.24, 2.45) is 5.92 Å². The third-order valence-corrected chi connectivity index (χ3v) is 5.37. The van der Waals surface area contributed by atoms with Crippen molar-refractivity contribution < 1.29 is 0 Å². The number of benzene rings is 1. The highest BCUT2D eigenvalue weighted by Crippen LogP contribution is 2.44. The molecule has 3 atom stereocenters. The van der Waals surface area contributed by atoms with Gasteiger partial charge >= 0.3 is 0 Å². The van der Waals surface area contributed by atoms with E-state index in [4.69, 9.17) is 0 Å². The Kier molecular flexibility index (Phi) is 3.84. The average Bonchev–Trinajstić information content (AvgIpc) is 2.28. The van der Waals surface area contributed by atoms with Gasteiger partial charge in [0.05, 0.1) is 0 Å². The molecule has 0 bridgehead atoms. The van der Waals surface area contributed by atoms with Crippen LogP contribution in [0.1, 0.15) is 43.5 Å². The lowest BCUT2D eigenvalue weighted by molar-refractivity contribution is 0.379. The summed E-state index contributed by atoms with van der Waals surface area (Å²) in [6.45, 7) is 12.4. The molecule has 0 aliphatic carbocycles. The molecule has 1 heterocycles. The fraction of sp³-hybridized carbons (Fsp3) is 0.600. The Labute approximate surface area is 109 Å². The minimum absolute atomic E-state index is 0.519. The van der Waals surface area contributed by atoms with Gasteiger partial charge in [-0.2, -0.15) is 0 Å². The minimum atomic E-state index is 0.519. The fourth-order valence-electron chi connectivity index (χ4n) is 2.53. The molecule has 1 aromatic carbocycles. The maximum atomic E-state index is 3.65. The highest BCUT2D eigenvalue weighted by atomic mass is 32.2. The fourth-order valence-corrected chi connectivity index (χ4v) is 3.87. The van der Waals surface area contributed by atoms with Crippen LogP contribution in [-0.4, -0.2) is 11.8 Å². The number of thioether (sulfide) groups is 1. The molecule has 1 aliphatic heterocycles. The minimum Gasteiger partial charge on any atom is -0.310 e. The summed E-state index contributed by atoms with van der Waals surface area (Å²) in [4.78, 5) is 1.48. The van der Waals surface area contributed by atoms with E-state index in [1.165, 1.54) is 21.6 Å². The quantitative estimate of drug-likeness (QED) is 0.847. The van der Waals surface area contributed by atoms with Crippen molar-refractivity contribution in [3.8, 4) is 0 Å². The molecular formula is C15H23NS. The third kappa shape index (κ3) is 2.38. The van der Waals surface area contributed by atoms with E-state index >= 15 is 0 Å². The van der Waals surface area contributed by atoms with E-state index in [1.807, 2.05) is 11.8 Å². The molecule has 1 aliphatic rings. The molecule has 0 amide bonds. The molecule has 0 radical (unpaired) electrons. The SMILES string of the molecule is CCNC1c2cc(C)c(C)cc2SC(C)C1C. The summed E-state index contributed by atoms with van der Waals surface area (Å²) in [7, 11) is 0. The van der Waals surface area contributed by atoms with Crippen LogP contribution in [0.5, 0.6) is 0 Å². The lowest BCUT2D eigenvalue weighted by Gasteiger charge is -2.36. The van der Waals surface area contributed by atoms with Crippen LogP contribution < -0.4 is 5.32 Å². The number of fused-ring (bicyclic) bond motifs is 1. The number of rotatable bonds is 2. The summed E-state index contributed by atoms with van der Waals surface area (Å²) in [6.07, 6.45) is 0. The highest BCUT2D eigenvalue weighted by molar-refractivity contribution is 8.00. The van der Waals surface area contributed by atoms with Gasteiger partial charge in [0.1, 0.15) is 0 Å². The van der Waals surface area contributed by atoms with Gasteiger partial charge in [0.25, 0.3) is 0 Å². The van der Waals surface area contributed by atoms with Gasteiger partial charge in [0.15, 0.2) is 0 Å². The molecule has 0 aromatic heterocycles. The first-order valence-corrected chi connectivity index (χ1v) is 7.43. The van der Waals surface area contributed by atoms with Crippen LogP contribution in [0.4, 0.5) is 0 Å². The summed E-state index contributed by atoms with van der Waals surface area (Å²) < 4.78 is 0. The van der Waals surface area contributed by atoms with Crippen LogP contribution in [0.15, 0.2) is 17.0 Å². The molecular weight excluding hydrogens is 226 g/mol. The first-order valence-electron chi connectivity index (χ1n) is 6.55. The monoisotopic (exact) mass is 249 g/mol. The van der Waals surface area contributed by atoms with Crippen molar-refractivity contribution >= 4 is 11.8 Å². The standard InChI is InChI=1S/C15H23NS/c1-6-16-15-11(4)12(5)17-14-8-10(3)9(2)7-13(14)15/h7-8,11-12,15-16H,6H2,1-5H3. The van der Waals surface area contributed by atoms with E-state index < -0.39 is 0 Å². The Morgan fingerprint density at radius 3 is 2.47 bits per heavy atom. The Hall–Kier alpha value is -0.470. The zero-order valence-corrected chi connectivity index (χ0v) is 12.3. The second-order valence-electron chi connectivity index (χ2n) is 5.19. The van der Waals surface area contributed by atoms with Crippen LogP contribution >= 0.6 is 11.8 Å². The summed E-state index contributed by atoms with van der Waals surface area (Å²) in [5, 5.41) is 4.34. The number of nitrogens with one attached hydrogen (secondary N) is 1. The Balaban J connectivity index is 2.46. The van der Waals surface area contributed by atoms with Gasteiger partial charge in [-0.15, -0.1) is 11.8 Å². The maximum absolute atomic E-state index is 3.65. The molecule has 0 saturated carbocycles. The van der Waals surface area contributed by atoms with Gasteiger partial charge in [-0.1, -0.05) is 26.8 Å². The topological polar surface area (TPSA) is 12.0 Å². The number of hydrogen-bond donors (Lipinski definition) is 1. The van der Waals surface area contributed by atoms with Crippen molar-refractivity contribution in [2.75, 3.05) is 6.54 Å². The lowest BCUT2D eigenvalue weighted by Crippen LogP contribution is -2.34. The largest absolute Gasteiger partial charge is 0.310 e. The first-order chi connectivity index (χ1) is 8.04. The summed E-state index contributed by atoms with van der Waals surface area (Å²) in [5.41, 5.74) is 4.33. The van der Waals surface area contributed by atoms with Crippen molar-refractivity contribution in [1.82, 2.24) is 5.32 Å². The smallest absolute Gasteiger partial charge is 0.0367 e. The van der Waals surface area contributed by atoms with Crippen LogP contribution in [-0.2, 0) is 0 Å². The van der Waals surface area contributed by atoms with Crippen molar-refractivity contribution in [1.29, 1.82) is 0 Å². The van der Waals surface area contributed by atoms with E-state index in [-0.39, 0.29) is 0 Å². The lowest BCUT2D eigenvalue weighted by atomic mass is 9.89. The summed E-state index contributed by atoms with van der Waals surface area (Å²) >= 11 is 2.03. The Bertz CT molecular complexity index is 414. The second kappa shape index (κ2) is 5.03. The maximum Gasteiger partial charge on any atom is 0.0367 e. The van der Waals surface area contributed by atoms with Gasteiger partial charge in [-0.3, -0.25) is 0 Å². The molecule has 94 valence electrons. The molecule has 1 N–H and O–H groups in total. The summed E-state index contributed by atoms with van der Waals surface area (Å²) in [5.74, 6) is 0.689. The molecule has 17 heavy (non-hydrogen) atoms. The van der Waals surface area contributed by atoms with Gasteiger partial charge in [0, 0.05) is 16.2 Å². The van der Waals surface area contributed by atoms with Crippen molar-refractivity contribution in [3.63, 3.8) is 0 Å². The molecule has 0 saturated heterocycles. The molecule has 0 spiro atoms.